The van der Waals surface area contributed by atoms with Crippen LogP contribution in [0.4, 0.5) is 0 Å². The van der Waals surface area contributed by atoms with Gasteiger partial charge in [0.15, 0.2) is 0 Å². The monoisotopic (exact) mass is 343 g/mol. The predicted molar refractivity (Wildman–Crippen MR) is 102 cm³/mol. The second kappa shape index (κ2) is 7.44. The molecule has 130 valence electrons. The molecule has 4 rings (SSSR count). The van der Waals surface area contributed by atoms with Crippen LogP contribution in [0.1, 0.15) is 39.5 Å². The first kappa shape index (κ1) is 16.4. The van der Waals surface area contributed by atoms with Gasteiger partial charge in [0.25, 0.3) is 5.91 Å². The van der Waals surface area contributed by atoms with Gasteiger partial charge in [0.05, 0.1) is 12.6 Å². The molecule has 1 N–H and O–H groups in total. The number of benzene rings is 3. The van der Waals surface area contributed by atoms with Crippen LogP contribution < -0.4 is 10.1 Å². The second-order valence-electron chi connectivity index (χ2n) is 6.52. The Balaban J connectivity index is 1.56. The quantitative estimate of drug-likeness (QED) is 0.756. The van der Waals surface area contributed by atoms with Gasteiger partial charge >= 0.3 is 0 Å². The van der Waals surface area contributed by atoms with Crippen LogP contribution in [0.2, 0.25) is 0 Å². The molecule has 1 amide bonds. The van der Waals surface area contributed by atoms with Gasteiger partial charge in [0.1, 0.15) is 5.75 Å². The third kappa shape index (κ3) is 3.47. The molecule has 3 aromatic carbocycles. The number of carbonyl (C=O) groups is 1. The van der Waals surface area contributed by atoms with E-state index in [-0.39, 0.29) is 11.9 Å². The molecule has 1 atom stereocenters. The van der Waals surface area contributed by atoms with E-state index in [2.05, 4.69) is 17.4 Å². The molecule has 0 unspecified atom stereocenters. The number of nitrogens with one attached hydrogen (secondary N) is 1. The zero-order valence-electron chi connectivity index (χ0n) is 14.5. The van der Waals surface area contributed by atoms with Crippen molar-refractivity contribution in [1.82, 2.24) is 5.32 Å². The Bertz CT molecular complexity index is 905. The zero-order valence-corrected chi connectivity index (χ0v) is 14.5. The minimum Gasteiger partial charge on any atom is -0.493 e. The first-order valence-electron chi connectivity index (χ1n) is 8.96. The van der Waals surface area contributed by atoms with Crippen molar-refractivity contribution < 1.29 is 9.53 Å². The summed E-state index contributed by atoms with van der Waals surface area (Å²) in [5.74, 6) is 0.833. The number of carbonyl (C=O) groups excluding carboxylic acids is 1. The van der Waals surface area contributed by atoms with Crippen molar-refractivity contribution in [3.63, 3.8) is 0 Å². The van der Waals surface area contributed by atoms with E-state index in [0.717, 1.165) is 35.3 Å². The van der Waals surface area contributed by atoms with E-state index in [0.29, 0.717) is 6.61 Å². The molecule has 0 radical (unpaired) electrons. The lowest BCUT2D eigenvalue weighted by Crippen LogP contribution is -2.32. The molecule has 1 heterocycles. The largest absolute Gasteiger partial charge is 0.493 e. The van der Waals surface area contributed by atoms with Crippen LogP contribution in [0.5, 0.6) is 5.75 Å². The number of ether oxygens (including phenoxy) is 1. The average Bonchev–Trinajstić information content (AvgIpc) is 2.69. The lowest BCUT2D eigenvalue weighted by molar-refractivity contribution is 0.0924. The number of hydrogen-bond acceptors (Lipinski definition) is 2. The smallest absolute Gasteiger partial charge is 0.252 e. The summed E-state index contributed by atoms with van der Waals surface area (Å²) in [5, 5.41) is 3.20. The number of hydrogen-bond donors (Lipinski definition) is 1. The summed E-state index contributed by atoms with van der Waals surface area (Å²) in [5.41, 5.74) is 4.02. The molecule has 3 heteroatoms. The zero-order chi connectivity index (χ0) is 17.8. The highest BCUT2D eigenvalue weighted by Gasteiger charge is 2.23. The summed E-state index contributed by atoms with van der Waals surface area (Å²) >= 11 is 0. The van der Waals surface area contributed by atoms with E-state index in [1.165, 1.54) is 5.56 Å². The van der Waals surface area contributed by atoms with E-state index in [1.54, 1.807) is 0 Å². The maximum atomic E-state index is 13.0. The highest BCUT2D eigenvalue weighted by molar-refractivity contribution is 5.96. The van der Waals surface area contributed by atoms with Crippen LogP contribution in [0.25, 0.3) is 0 Å². The summed E-state index contributed by atoms with van der Waals surface area (Å²) < 4.78 is 5.69. The number of fused-ring (bicyclic) bond motifs is 1. The van der Waals surface area contributed by atoms with Crippen molar-refractivity contribution in [2.24, 2.45) is 0 Å². The Hall–Kier alpha value is -3.07. The van der Waals surface area contributed by atoms with Crippen molar-refractivity contribution >= 4 is 5.91 Å². The molecule has 0 bridgehead atoms. The minimum atomic E-state index is -0.0294. The third-order valence-corrected chi connectivity index (χ3v) is 4.76. The maximum absolute atomic E-state index is 13.0. The minimum absolute atomic E-state index is 0.0165. The van der Waals surface area contributed by atoms with Gasteiger partial charge in [-0.15, -0.1) is 0 Å². The number of rotatable bonds is 4. The van der Waals surface area contributed by atoms with Gasteiger partial charge in [-0.3, -0.25) is 4.79 Å². The fourth-order valence-corrected chi connectivity index (χ4v) is 3.44. The molecular formula is C23H21NO2. The fourth-order valence-electron chi connectivity index (χ4n) is 3.44. The summed E-state index contributed by atoms with van der Waals surface area (Å²) in [6.45, 7) is 0.619. The van der Waals surface area contributed by atoms with Gasteiger partial charge in [0, 0.05) is 17.5 Å². The van der Waals surface area contributed by atoms with Crippen molar-refractivity contribution in [2.45, 2.75) is 18.9 Å². The molecule has 1 aliphatic rings. The van der Waals surface area contributed by atoms with Crippen LogP contribution in [0.15, 0.2) is 78.9 Å². The SMILES string of the molecule is O=C(N[C@H]1CCOc2ccccc21)c1ccccc1Cc1ccccc1. The highest BCUT2D eigenvalue weighted by Crippen LogP contribution is 2.31. The lowest BCUT2D eigenvalue weighted by atomic mass is 9.97. The first-order chi connectivity index (χ1) is 12.8. The Morgan fingerprint density at radius 1 is 0.923 bits per heavy atom. The van der Waals surface area contributed by atoms with Gasteiger partial charge in [-0.25, -0.2) is 0 Å². The molecule has 0 aromatic heterocycles. The molecule has 0 spiro atoms. The van der Waals surface area contributed by atoms with Gasteiger partial charge in [-0.2, -0.15) is 0 Å². The van der Waals surface area contributed by atoms with Crippen LogP contribution >= 0.6 is 0 Å². The van der Waals surface area contributed by atoms with Crippen LogP contribution in [-0.2, 0) is 6.42 Å². The number of para-hydroxylation sites is 1. The van der Waals surface area contributed by atoms with Gasteiger partial charge in [0.2, 0.25) is 0 Å². The normalized spacial score (nSPS) is 15.6. The second-order valence-corrected chi connectivity index (χ2v) is 6.52. The Kier molecular flexibility index (Phi) is 4.69. The standard InChI is InChI=1S/C23H21NO2/c25-23(24-21-14-15-26-22-13-7-6-12-20(21)22)19-11-5-4-10-18(19)16-17-8-2-1-3-9-17/h1-13,21H,14-16H2,(H,24,25)/t21-/m0/s1. The van der Waals surface area contributed by atoms with Crippen molar-refractivity contribution in [3.8, 4) is 5.75 Å². The van der Waals surface area contributed by atoms with Crippen molar-refractivity contribution in [1.29, 1.82) is 0 Å². The van der Waals surface area contributed by atoms with E-state index in [4.69, 9.17) is 4.74 Å². The number of amides is 1. The maximum Gasteiger partial charge on any atom is 0.252 e. The Labute approximate surface area is 153 Å². The molecule has 3 aromatic rings. The van der Waals surface area contributed by atoms with Crippen LogP contribution in [0, 0.1) is 0 Å². The molecule has 0 aliphatic carbocycles. The van der Waals surface area contributed by atoms with E-state index in [1.807, 2.05) is 66.7 Å². The Morgan fingerprint density at radius 2 is 1.65 bits per heavy atom. The van der Waals surface area contributed by atoms with Gasteiger partial charge < -0.3 is 10.1 Å². The fraction of sp³-hybridized carbons (Fsp3) is 0.174. The molecule has 0 saturated heterocycles. The summed E-state index contributed by atoms with van der Waals surface area (Å²) in [4.78, 5) is 13.0. The van der Waals surface area contributed by atoms with E-state index in [9.17, 15) is 4.79 Å². The molecule has 3 nitrogen and oxygen atoms in total. The van der Waals surface area contributed by atoms with Crippen molar-refractivity contribution in [2.75, 3.05) is 6.61 Å². The highest BCUT2D eigenvalue weighted by atomic mass is 16.5. The molecule has 0 saturated carbocycles. The van der Waals surface area contributed by atoms with Crippen LogP contribution in [-0.4, -0.2) is 12.5 Å². The summed E-state index contributed by atoms with van der Waals surface area (Å²) in [7, 11) is 0. The van der Waals surface area contributed by atoms with E-state index < -0.39 is 0 Å². The van der Waals surface area contributed by atoms with Gasteiger partial charge in [-0.1, -0.05) is 66.7 Å². The molecular weight excluding hydrogens is 322 g/mol. The van der Waals surface area contributed by atoms with Gasteiger partial charge in [-0.05, 0) is 29.7 Å². The first-order valence-corrected chi connectivity index (χ1v) is 8.96. The molecule has 26 heavy (non-hydrogen) atoms. The van der Waals surface area contributed by atoms with E-state index >= 15 is 0 Å². The third-order valence-electron chi connectivity index (χ3n) is 4.76. The van der Waals surface area contributed by atoms with Crippen molar-refractivity contribution in [3.05, 3.63) is 101 Å². The molecule has 0 fully saturated rings. The molecule has 1 aliphatic heterocycles. The predicted octanol–water partition coefficient (Wildman–Crippen LogP) is 4.53. The Morgan fingerprint density at radius 3 is 2.54 bits per heavy atom. The van der Waals surface area contributed by atoms with Crippen LogP contribution in [0.3, 0.4) is 0 Å². The average molecular weight is 343 g/mol. The topological polar surface area (TPSA) is 38.3 Å². The lowest BCUT2D eigenvalue weighted by Gasteiger charge is -2.27. The summed E-state index contributed by atoms with van der Waals surface area (Å²) in [6, 6.07) is 26.0. The summed E-state index contributed by atoms with van der Waals surface area (Å²) in [6.07, 6.45) is 1.53.